The first kappa shape index (κ1) is 31.2. The number of nitrogens with one attached hydrogen (secondary N) is 2. The molecule has 0 unspecified atom stereocenters. The van der Waals surface area contributed by atoms with Crippen molar-refractivity contribution in [2.45, 2.75) is 16.7 Å². The minimum atomic E-state index is -4.17. The molecule has 43 heavy (non-hydrogen) atoms. The zero-order chi connectivity index (χ0) is 31.2. The minimum Gasteiger partial charge on any atom is -0.497 e. The Hall–Kier alpha value is -4.75. The average molecular weight is 626 g/mol. The molecule has 1 amide bonds. The second-order valence-corrected chi connectivity index (χ2v) is 12.8. The number of para-hydroxylation sites is 2. The van der Waals surface area contributed by atoms with Crippen molar-refractivity contribution in [2.75, 3.05) is 42.2 Å². The number of nitrogens with zero attached hydrogens (tertiary/aromatic N) is 1. The Morgan fingerprint density at radius 3 is 2.00 bits per heavy atom. The summed E-state index contributed by atoms with van der Waals surface area (Å²) in [5, 5.41) is 2.64. The molecule has 4 rings (SSSR count). The van der Waals surface area contributed by atoms with Crippen LogP contribution in [0.2, 0.25) is 0 Å². The number of carbonyl (C=O) groups excluding carboxylic acids is 1. The number of anilines is 3. The van der Waals surface area contributed by atoms with E-state index in [9.17, 15) is 21.6 Å². The van der Waals surface area contributed by atoms with Crippen molar-refractivity contribution in [2.24, 2.45) is 0 Å². The van der Waals surface area contributed by atoms with Gasteiger partial charge in [0.2, 0.25) is 5.91 Å². The molecule has 0 radical (unpaired) electrons. The summed E-state index contributed by atoms with van der Waals surface area (Å²) >= 11 is 0. The molecule has 0 saturated heterocycles. The first-order valence-corrected chi connectivity index (χ1v) is 15.8. The lowest BCUT2D eigenvalue weighted by molar-refractivity contribution is -0.114. The normalized spacial score (nSPS) is 11.3. The molecule has 226 valence electrons. The molecular formula is C30H31N3O8S2. The summed E-state index contributed by atoms with van der Waals surface area (Å²) in [6.45, 7) is 1.26. The highest BCUT2D eigenvalue weighted by atomic mass is 32.2. The van der Waals surface area contributed by atoms with Crippen LogP contribution in [0.25, 0.3) is 0 Å². The van der Waals surface area contributed by atoms with Crippen molar-refractivity contribution in [1.82, 2.24) is 0 Å². The van der Waals surface area contributed by atoms with Crippen LogP contribution in [-0.4, -0.2) is 50.6 Å². The molecule has 11 nitrogen and oxygen atoms in total. The monoisotopic (exact) mass is 625 g/mol. The zero-order valence-corrected chi connectivity index (χ0v) is 25.5. The van der Waals surface area contributed by atoms with Crippen molar-refractivity contribution in [1.29, 1.82) is 0 Å². The van der Waals surface area contributed by atoms with Crippen LogP contribution >= 0.6 is 0 Å². The fraction of sp³-hybridized carbons (Fsp3) is 0.167. The van der Waals surface area contributed by atoms with Crippen LogP contribution in [0.15, 0.2) is 101 Å². The lowest BCUT2D eigenvalue weighted by Crippen LogP contribution is -2.38. The Kier molecular flexibility index (Phi) is 9.46. The maximum absolute atomic E-state index is 13.7. The van der Waals surface area contributed by atoms with Gasteiger partial charge in [-0.2, -0.15) is 0 Å². The van der Waals surface area contributed by atoms with Crippen molar-refractivity contribution in [3.8, 4) is 17.2 Å². The van der Waals surface area contributed by atoms with Gasteiger partial charge in [0.1, 0.15) is 23.8 Å². The van der Waals surface area contributed by atoms with Crippen molar-refractivity contribution in [3.05, 3.63) is 96.6 Å². The summed E-state index contributed by atoms with van der Waals surface area (Å²) < 4.78 is 72.7. The Morgan fingerprint density at radius 1 is 0.744 bits per heavy atom. The molecule has 0 aliphatic carbocycles. The molecule has 0 heterocycles. The molecule has 0 aromatic heterocycles. The molecule has 13 heteroatoms. The second kappa shape index (κ2) is 13.0. The average Bonchev–Trinajstić information content (AvgIpc) is 3.00. The fourth-order valence-electron chi connectivity index (χ4n) is 4.12. The van der Waals surface area contributed by atoms with Crippen LogP contribution in [0, 0.1) is 6.92 Å². The molecular weight excluding hydrogens is 594 g/mol. The number of aryl methyl sites for hydroxylation is 1. The Morgan fingerprint density at radius 2 is 1.37 bits per heavy atom. The van der Waals surface area contributed by atoms with Gasteiger partial charge in [-0.05, 0) is 67.6 Å². The number of amides is 1. The molecule has 0 fully saturated rings. The summed E-state index contributed by atoms with van der Waals surface area (Å²) in [4.78, 5) is 13.1. The SMILES string of the molecule is COc1ccc(OC)c(NS(=O)(=O)c2ccc(NC(=O)CN(c3ccccc3OC)S(=O)(=O)c3ccc(C)cc3)cc2)c1. The summed E-state index contributed by atoms with van der Waals surface area (Å²) in [6.07, 6.45) is 0. The van der Waals surface area contributed by atoms with Gasteiger partial charge in [-0.25, -0.2) is 16.8 Å². The van der Waals surface area contributed by atoms with Gasteiger partial charge in [-0.15, -0.1) is 0 Å². The van der Waals surface area contributed by atoms with Gasteiger partial charge in [0.05, 0.1) is 42.5 Å². The van der Waals surface area contributed by atoms with E-state index in [0.717, 1.165) is 9.87 Å². The van der Waals surface area contributed by atoms with E-state index in [0.29, 0.717) is 11.5 Å². The van der Waals surface area contributed by atoms with Crippen molar-refractivity contribution in [3.63, 3.8) is 0 Å². The van der Waals surface area contributed by atoms with E-state index in [1.807, 2.05) is 6.92 Å². The van der Waals surface area contributed by atoms with Gasteiger partial charge in [0, 0.05) is 11.8 Å². The molecule has 4 aromatic rings. The quantitative estimate of drug-likeness (QED) is 0.232. The van der Waals surface area contributed by atoms with E-state index in [2.05, 4.69) is 10.0 Å². The van der Waals surface area contributed by atoms with E-state index in [4.69, 9.17) is 14.2 Å². The number of carbonyl (C=O) groups is 1. The number of hydrogen-bond donors (Lipinski definition) is 2. The van der Waals surface area contributed by atoms with Gasteiger partial charge < -0.3 is 19.5 Å². The molecule has 0 saturated carbocycles. The molecule has 0 aliphatic rings. The molecule has 0 spiro atoms. The first-order valence-electron chi connectivity index (χ1n) is 12.9. The predicted molar refractivity (Wildman–Crippen MR) is 164 cm³/mol. The highest BCUT2D eigenvalue weighted by molar-refractivity contribution is 7.93. The van der Waals surface area contributed by atoms with Gasteiger partial charge >= 0.3 is 0 Å². The number of sulfonamides is 2. The van der Waals surface area contributed by atoms with E-state index in [-0.39, 0.29) is 32.6 Å². The first-order chi connectivity index (χ1) is 20.5. The van der Waals surface area contributed by atoms with E-state index < -0.39 is 32.5 Å². The number of rotatable bonds is 12. The smallest absolute Gasteiger partial charge is 0.264 e. The Bertz CT molecular complexity index is 1810. The topological polar surface area (TPSA) is 140 Å². The number of benzene rings is 4. The van der Waals surface area contributed by atoms with Crippen LogP contribution in [0.5, 0.6) is 17.2 Å². The van der Waals surface area contributed by atoms with Crippen LogP contribution in [-0.2, 0) is 24.8 Å². The highest BCUT2D eigenvalue weighted by Crippen LogP contribution is 2.33. The van der Waals surface area contributed by atoms with E-state index in [1.54, 1.807) is 48.5 Å². The van der Waals surface area contributed by atoms with Crippen LogP contribution in [0.1, 0.15) is 5.56 Å². The molecule has 0 atom stereocenters. The number of methoxy groups -OCH3 is 3. The third-order valence-corrected chi connectivity index (χ3v) is 9.50. The Balaban J connectivity index is 1.56. The highest BCUT2D eigenvalue weighted by Gasteiger charge is 2.29. The van der Waals surface area contributed by atoms with Gasteiger partial charge in [-0.3, -0.25) is 13.8 Å². The summed E-state index contributed by atoms with van der Waals surface area (Å²) in [7, 11) is -3.92. The van der Waals surface area contributed by atoms with Gasteiger partial charge in [0.25, 0.3) is 20.0 Å². The van der Waals surface area contributed by atoms with Crippen molar-refractivity contribution < 1.29 is 35.8 Å². The van der Waals surface area contributed by atoms with Crippen LogP contribution in [0.3, 0.4) is 0 Å². The zero-order valence-electron chi connectivity index (χ0n) is 23.9. The number of hydrogen-bond acceptors (Lipinski definition) is 8. The lowest BCUT2D eigenvalue weighted by atomic mass is 10.2. The largest absolute Gasteiger partial charge is 0.497 e. The Labute approximate surface area is 251 Å². The molecule has 2 N–H and O–H groups in total. The van der Waals surface area contributed by atoms with Crippen LogP contribution in [0.4, 0.5) is 17.1 Å². The molecule has 0 aliphatic heterocycles. The summed E-state index contributed by atoms with van der Waals surface area (Å²) in [5.74, 6) is 0.341. The van der Waals surface area contributed by atoms with Gasteiger partial charge in [-0.1, -0.05) is 29.8 Å². The van der Waals surface area contributed by atoms with Gasteiger partial charge in [0.15, 0.2) is 0 Å². The number of ether oxygens (including phenoxy) is 3. The maximum Gasteiger partial charge on any atom is 0.264 e. The summed E-state index contributed by atoms with van der Waals surface area (Å²) in [5.41, 5.74) is 1.51. The lowest BCUT2D eigenvalue weighted by Gasteiger charge is -2.25. The predicted octanol–water partition coefficient (Wildman–Crippen LogP) is 4.66. The minimum absolute atomic E-state index is 0.00605. The molecule has 0 bridgehead atoms. The third-order valence-electron chi connectivity index (χ3n) is 6.35. The molecule has 4 aromatic carbocycles. The fourth-order valence-corrected chi connectivity index (χ4v) is 6.61. The third kappa shape index (κ3) is 7.19. The van der Waals surface area contributed by atoms with E-state index >= 15 is 0 Å². The second-order valence-electron chi connectivity index (χ2n) is 9.24. The van der Waals surface area contributed by atoms with Crippen LogP contribution < -0.4 is 28.6 Å². The standard InChI is InChI=1S/C30H31N3O8S2/c1-21-9-14-25(15-10-21)43(37,38)33(27-7-5-6-8-29(27)41-4)20-30(34)31-22-11-16-24(17-12-22)42(35,36)32-26-19-23(39-2)13-18-28(26)40-3/h5-19,32H,20H2,1-4H3,(H,31,34). The van der Waals surface area contributed by atoms with E-state index in [1.165, 1.54) is 63.8 Å². The summed E-state index contributed by atoms with van der Waals surface area (Å²) in [6, 6.07) is 22.9. The maximum atomic E-state index is 13.7. The van der Waals surface area contributed by atoms with Crippen molar-refractivity contribution >= 4 is 43.0 Å².